The molecule has 0 spiro atoms. The third kappa shape index (κ3) is 2.95. The van der Waals surface area contributed by atoms with Gasteiger partial charge in [-0.25, -0.2) is 0 Å². The highest BCUT2D eigenvalue weighted by molar-refractivity contribution is 5.95. The number of hydrogen-bond donors (Lipinski definition) is 1. The van der Waals surface area contributed by atoms with Gasteiger partial charge in [0, 0.05) is 16.7 Å². The lowest BCUT2D eigenvalue weighted by Crippen LogP contribution is -2.34. The molecule has 0 saturated heterocycles. The summed E-state index contributed by atoms with van der Waals surface area (Å²) < 4.78 is 41.4. The molecule has 8 heteroatoms. The van der Waals surface area contributed by atoms with Gasteiger partial charge in [0.05, 0.1) is 0 Å². The number of halogens is 3. The lowest BCUT2D eigenvalue weighted by Gasteiger charge is -2.11. The Morgan fingerprint density at radius 3 is 2.41 bits per heavy atom. The Kier molecular flexibility index (Phi) is 3.19. The van der Waals surface area contributed by atoms with E-state index in [4.69, 9.17) is 0 Å². The molecule has 1 amide bonds. The van der Waals surface area contributed by atoms with Gasteiger partial charge in [0.15, 0.2) is 0 Å². The molecule has 1 N–H and O–H groups in total. The SMILES string of the molecule is CC1(NC(=O)c2ccc(-c3noc(C(F)(F)F)n3)cc2)CC1. The molecule has 0 atom stereocenters. The summed E-state index contributed by atoms with van der Waals surface area (Å²) in [7, 11) is 0. The molecule has 0 unspecified atom stereocenters. The summed E-state index contributed by atoms with van der Waals surface area (Å²) in [5, 5.41) is 6.18. The van der Waals surface area contributed by atoms with Crippen molar-refractivity contribution < 1.29 is 22.5 Å². The van der Waals surface area contributed by atoms with Crippen LogP contribution in [0.5, 0.6) is 0 Å². The summed E-state index contributed by atoms with van der Waals surface area (Å²) in [6, 6.07) is 5.99. The topological polar surface area (TPSA) is 68.0 Å². The largest absolute Gasteiger partial charge is 0.471 e. The monoisotopic (exact) mass is 311 g/mol. The minimum atomic E-state index is -4.68. The van der Waals surface area contributed by atoms with Crippen LogP contribution in [0.25, 0.3) is 11.4 Å². The minimum absolute atomic E-state index is 0.134. The first-order chi connectivity index (χ1) is 10.3. The van der Waals surface area contributed by atoms with Gasteiger partial charge in [0.2, 0.25) is 5.82 Å². The van der Waals surface area contributed by atoms with Crippen LogP contribution < -0.4 is 5.32 Å². The average Bonchev–Trinajstić information content (AvgIpc) is 2.99. The van der Waals surface area contributed by atoms with Crippen molar-refractivity contribution in [2.45, 2.75) is 31.5 Å². The van der Waals surface area contributed by atoms with Crippen LogP contribution in [0.1, 0.15) is 36.0 Å². The molecule has 1 saturated carbocycles. The molecule has 22 heavy (non-hydrogen) atoms. The molecule has 1 aromatic carbocycles. The predicted molar refractivity (Wildman–Crippen MR) is 69.8 cm³/mol. The molecule has 0 radical (unpaired) electrons. The Labute approximate surface area is 123 Å². The molecule has 0 bridgehead atoms. The third-order valence-electron chi connectivity index (χ3n) is 3.49. The van der Waals surface area contributed by atoms with Gasteiger partial charge in [-0.15, -0.1) is 0 Å². The van der Waals surface area contributed by atoms with Gasteiger partial charge in [-0.3, -0.25) is 4.79 Å². The van der Waals surface area contributed by atoms with Crippen molar-refractivity contribution in [1.29, 1.82) is 0 Å². The second kappa shape index (κ2) is 4.82. The first-order valence-electron chi connectivity index (χ1n) is 6.61. The van der Waals surface area contributed by atoms with Crippen LogP contribution in [0.3, 0.4) is 0 Å². The van der Waals surface area contributed by atoms with E-state index in [1.54, 1.807) is 0 Å². The third-order valence-corrected chi connectivity index (χ3v) is 3.49. The number of nitrogens with zero attached hydrogens (tertiary/aromatic N) is 2. The molecule has 1 fully saturated rings. The zero-order valence-corrected chi connectivity index (χ0v) is 11.6. The summed E-state index contributed by atoms with van der Waals surface area (Å²) in [5.41, 5.74) is 0.634. The normalized spacial score (nSPS) is 16.4. The summed E-state index contributed by atoms with van der Waals surface area (Å²) in [6.07, 6.45) is -2.79. The second-order valence-corrected chi connectivity index (χ2v) is 5.51. The molecule has 1 heterocycles. The van der Waals surface area contributed by atoms with Crippen LogP contribution in [-0.4, -0.2) is 21.6 Å². The highest BCUT2D eigenvalue weighted by Crippen LogP contribution is 2.34. The van der Waals surface area contributed by atoms with Crippen molar-refractivity contribution >= 4 is 5.91 Å². The number of nitrogens with one attached hydrogen (secondary N) is 1. The van der Waals surface area contributed by atoms with E-state index in [-0.39, 0.29) is 17.3 Å². The van der Waals surface area contributed by atoms with Gasteiger partial charge < -0.3 is 9.84 Å². The van der Waals surface area contributed by atoms with E-state index in [0.29, 0.717) is 11.1 Å². The quantitative estimate of drug-likeness (QED) is 0.946. The molecule has 1 aliphatic carbocycles. The van der Waals surface area contributed by atoms with E-state index in [9.17, 15) is 18.0 Å². The van der Waals surface area contributed by atoms with E-state index in [0.717, 1.165) is 12.8 Å². The zero-order valence-electron chi connectivity index (χ0n) is 11.6. The van der Waals surface area contributed by atoms with Gasteiger partial charge in [0.1, 0.15) is 0 Å². The summed E-state index contributed by atoms with van der Waals surface area (Å²) in [5.74, 6) is -1.78. The van der Waals surface area contributed by atoms with Crippen molar-refractivity contribution in [3.05, 3.63) is 35.7 Å². The van der Waals surface area contributed by atoms with Crippen molar-refractivity contribution in [1.82, 2.24) is 15.5 Å². The summed E-state index contributed by atoms with van der Waals surface area (Å²) >= 11 is 0. The minimum Gasteiger partial charge on any atom is -0.347 e. The predicted octanol–water partition coefficient (Wildman–Crippen LogP) is 3.04. The van der Waals surface area contributed by atoms with E-state index >= 15 is 0 Å². The van der Waals surface area contributed by atoms with E-state index in [1.165, 1.54) is 24.3 Å². The van der Waals surface area contributed by atoms with Gasteiger partial charge in [0.25, 0.3) is 5.91 Å². The highest BCUT2D eigenvalue weighted by atomic mass is 19.4. The van der Waals surface area contributed by atoms with Gasteiger partial charge in [-0.2, -0.15) is 18.2 Å². The smallest absolute Gasteiger partial charge is 0.347 e. The molecular formula is C14H12F3N3O2. The van der Waals surface area contributed by atoms with E-state index in [1.807, 2.05) is 6.92 Å². The number of amides is 1. The number of hydrogen-bond acceptors (Lipinski definition) is 4. The van der Waals surface area contributed by atoms with Crippen molar-refractivity contribution in [3.8, 4) is 11.4 Å². The summed E-state index contributed by atoms with van der Waals surface area (Å²) in [4.78, 5) is 15.3. The van der Waals surface area contributed by atoms with Gasteiger partial charge in [-0.05, 0) is 31.9 Å². The van der Waals surface area contributed by atoms with Crippen LogP contribution in [0.2, 0.25) is 0 Å². The van der Waals surface area contributed by atoms with Crippen LogP contribution >= 0.6 is 0 Å². The fraction of sp³-hybridized carbons (Fsp3) is 0.357. The number of rotatable bonds is 3. The molecule has 116 valence electrons. The lowest BCUT2D eigenvalue weighted by molar-refractivity contribution is -0.159. The Balaban J connectivity index is 1.76. The maximum atomic E-state index is 12.4. The van der Waals surface area contributed by atoms with Gasteiger partial charge in [-0.1, -0.05) is 17.3 Å². The van der Waals surface area contributed by atoms with Gasteiger partial charge >= 0.3 is 12.1 Å². The molecule has 1 aliphatic rings. The molecule has 1 aromatic heterocycles. The van der Waals surface area contributed by atoms with Crippen LogP contribution in [0.4, 0.5) is 13.2 Å². The Hall–Kier alpha value is -2.38. The number of benzene rings is 1. The Morgan fingerprint density at radius 1 is 1.27 bits per heavy atom. The fourth-order valence-corrected chi connectivity index (χ4v) is 1.89. The van der Waals surface area contributed by atoms with Crippen molar-refractivity contribution in [2.75, 3.05) is 0 Å². The van der Waals surface area contributed by atoms with Crippen LogP contribution in [0.15, 0.2) is 28.8 Å². The van der Waals surface area contributed by atoms with Crippen molar-refractivity contribution in [2.24, 2.45) is 0 Å². The van der Waals surface area contributed by atoms with Crippen LogP contribution in [0, 0.1) is 0 Å². The number of aromatic nitrogens is 2. The molecule has 0 aliphatic heterocycles. The Bertz CT molecular complexity index is 703. The molecule has 2 aromatic rings. The second-order valence-electron chi connectivity index (χ2n) is 5.51. The van der Waals surface area contributed by atoms with Crippen molar-refractivity contribution in [3.63, 3.8) is 0 Å². The van der Waals surface area contributed by atoms with E-state index < -0.39 is 12.1 Å². The lowest BCUT2D eigenvalue weighted by atomic mass is 10.1. The molecule has 5 nitrogen and oxygen atoms in total. The zero-order chi connectivity index (χ0) is 16.0. The Morgan fingerprint density at radius 2 is 1.91 bits per heavy atom. The van der Waals surface area contributed by atoms with E-state index in [2.05, 4.69) is 20.0 Å². The standard InChI is InChI=1S/C14H12F3N3O2/c1-13(6-7-13)19-11(21)9-4-2-8(3-5-9)10-18-12(22-20-10)14(15,16)17/h2-5H,6-7H2,1H3,(H,19,21). The maximum absolute atomic E-state index is 12.4. The first kappa shape index (κ1) is 14.6. The molecule has 3 rings (SSSR count). The highest BCUT2D eigenvalue weighted by Gasteiger charge is 2.39. The fourth-order valence-electron chi connectivity index (χ4n) is 1.89. The summed E-state index contributed by atoms with van der Waals surface area (Å²) in [6.45, 7) is 1.96. The number of carbonyl (C=O) groups excluding carboxylic acids is 1. The number of carbonyl (C=O) groups is 1. The number of alkyl halides is 3. The van der Waals surface area contributed by atoms with Crippen LogP contribution in [-0.2, 0) is 6.18 Å². The first-order valence-corrected chi connectivity index (χ1v) is 6.61. The molecular weight excluding hydrogens is 299 g/mol. The average molecular weight is 311 g/mol. The maximum Gasteiger partial charge on any atom is 0.471 e.